The second-order valence-electron chi connectivity index (χ2n) is 15.5. The Labute approximate surface area is 401 Å². The first-order chi connectivity index (χ1) is 34.2. The van der Waals surface area contributed by atoms with Gasteiger partial charge < -0.3 is 52.2 Å². The Morgan fingerprint density at radius 1 is 0.556 bits per heavy atom. The summed E-state index contributed by atoms with van der Waals surface area (Å²) in [6.07, 6.45) is -8.92. The van der Waals surface area contributed by atoms with Gasteiger partial charge in [0.05, 0.1) is 39.4 Å². The number of esters is 2. The number of alkyl halides is 6. The fraction of sp³-hybridized carbons (Fsp3) is 0.0400. The van der Waals surface area contributed by atoms with Crippen molar-refractivity contribution in [3.8, 4) is 17.2 Å². The Balaban J connectivity index is 1.06. The number of H-pyrrole nitrogens is 1. The van der Waals surface area contributed by atoms with Gasteiger partial charge in [0.2, 0.25) is 0 Å². The summed E-state index contributed by atoms with van der Waals surface area (Å²) >= 11 is 0. The lowest BCUT2D eigenvalue weighted by Gasteiger charge is -2.12. The van der Waals surface area contributed by atoms with Crippen LogP contribution in [0.4, 0.5) is 54.8 Å². The van der Waals surface area contributed by atoms with E-state index in [-0.39, 0.29) is 44.6 Å². The summed E-state index contributed by atoms with van der Waals surface area (Å²) in [5.74, 6) is -7.84. The van der Waals surface area contributed by atoms with Crippen molar-refractivity contribution in [3.63, 3.8) is 0 Å². The van der Waals surface area contributed by atoms with Gasteiger partial charge in [-0.05, 0) is 109 Å². The van der Waals surface area contributed by atoms with Crippen LogP contribution in [0.3, 0.4) is 0 Å². The van der Waals surface area contributed by atoms with Crippen molar-refractivity contribution >= 4 is 85.8 Å². The summed E-state index contributed by atoms with van der Waals surface area (Å²) in [5, 5.41) is 6.96. The zero-order valence-electron chi connectivity index (χ0n) is 36.6. The molecule has 0 aliphatic heterocycles. The number of nitrogen functional groups attached to an aromatic ring is 2. The molecule has 0 unspecified atom stereocenters. The number of hydrogen-bond acceptors (Lipinski definition) is 10. The lowest BCUT2D eigenvalue weighted by molar-refractivity contribution is -0.138. The normalized spacial score (nSPS) is 11.6. The third-order valence-corrected chi connectivity index (χ3v) is 10.8. The number of para-hydroxylation sites is 4. The van der Waals surface area contributed by atoms with Crippen LogP contribution in [0.2, 0.25) is 0 Å². The first-order valence-corrected chi connectivity index (χ1v) is 20.9. The highest BCUT2D eigenvalue weighted by Gasteiger charge is 2.34. The third kappa shape index (κ3) is 10.3. The second kappa shape index (κ2) is 19.3. The summed E-state index contributed by atoms with van der Waals surface area (Å²) in [4.78, 5) is 82.0. The summed E-state index contributed by atoms with van der Waals surface area (Å²) in [6, 6.07) is 28.3. The van der Waals surface area contributed by atoms with Crippen LogP contribution in [-0.4, -0.2) is 45.1 Å². The molecule has 364 valence electrons. The largest absolute Gasteiger partial charge is 0.420 e. The molecular weight excluding hydrogens is 955 g/mol. The van der Waals surface area contributed by atoms with E-state index >= 15 is 0 Å². The highest BCUT2D eigenvalue weighted by Crippen LogP contribution is 2.41. The predicted molar refractivity (Wildman–Crippen MR) is 253 cm³/mol. The maximum absolute atomic E-state index is 14.0. The van der Waals surface area contributed by atoms with E-state index in [9.17, 15) is 55.1 Å². The number of nitrogens with two attached hydrogens (primary N) is 3. The molecule has 10 N–H and O–H groups in total. The van der Waals surface area contributed by atoms with Gasteiger partial charge in [-0.2, -0.15) is 26.3 Å². The van der Waals surface area contributed by atoms with Gasteiger partial charge in [-0.15, -0.1) is 0 Å². The van der Waals surface area contributed by atoms with E-state index in [1.54, 1.807) is 48.5 Å². The molecule has 72 heavy (non-hydrogen) atoms. The molecule has 2 aromatic heterocycles. The lowest BCUT2D eigenvalue weighted by Crippen LogP contribution is -2.19. The summed E-state index contributed by atoms with van der Waals surface area (Å²) in [7, 11) is 0. The van der Waals surface area contributed by atoms with Crippen LogP contribution in [0.1, 0.15) is 52.8 Å². The van der Waals surface area contributed by atoms with Crippen molar-refractivity contribution in [3.05, 3.63) is 179 Å². The number of nitrogens with one attached hydrogen (secondary N) is 4. The fourth-order valence-corrected chi connectivity index (χ4v) is 7.32. The van der Waals surface area contributed by atoms with Crippen LogP contribution in [0.5, 0.6) is 11.5 Å². The van der Waals surface area contributed by atoms with Crippen LogP contribution in [0, 0.1) is 0 Å². The molecule has 22 heteroatoms. The molecule has 2 heterocycles. The highest BCUT2D eigenvalue weighted by molar-refractivity contribution is 6.12. The molecule has 0 aliphatic carbocycles. The molecule has 0 aliphatic rings. The van der Waals surface area contributed by atoms with Gasteiger partial charge in [0.15, 0.2) is 17.2 Å². The highest BCUT2D eigenvalue weighted by atomic mass is 19.4. The first-order valence-electron chi connectivity index (χ1n) is 20.9. The van der Waals surface area contributed by atoms with Crippen LogP contribution < -0.4 is 42.6 Å². The molecule has 0 saturated carbocycles. The number of primary amides is 1. The minimum absolute atomic E-state index is 0.0761. The quantitative estimate of drug-likeness (QED) is 0.0264. The summed E-state index contributed by atoms with van der Waals surface area (Å²) in [6.45, 7) is 0. The molecule has 0 bridgehead atoms. The number of aromatic amines is 1. The van der Waals surface area contributed by atoms with Crippen molar-refractivity contribution in [2.45, 2.75) is 12.4 Å². The smallest absolute Gasteiger partial charge is 0.416 e. The molecule has 0 atom stereocenters. The van der Waals surface area contributed by atoms with E-state index in [1.807, 2.05) is 0 Å². The van der Waals surface area contributed by atoms with Gasteiger partial charge in [0, 0.05) is 50.9 Å². The molecule has 8 aromatic rings. The Kier molecular flexibility index (Phi) is 13.0. The summed E-state index contributed by atoms with van der Waals surface area (Å²) < 4.78 is 95.5. The number of anilines is 5. The Hall–Kier alpha value is -9.86. The average Bonchev–Trinajstić information content (AvgIpc) is 3.86. The zero-order valence-corrected chi connectivity index (χ0v) is 36.6. The minimum Gasteiger partial charge on any atom is -0.420 e. The monoisotopic (exact) mass is 988 g/mol. The standard InChI is InChI=1S/C50H34F6N8O8/c51-49(52,53)27-13-19-35-31(23-27)43(41(61-35)48(70)60-29-15-9-25(10-16-29)46(68)62-36-7-3-1-5-33(36)57)71-39(65)21-22-40(66)72-44-32-24-28(50(54,55)56)14-20-38(32)64(42(44)45(59)67)30-17-11-26(12-18-30)47(69)63-37-8-4-2-6-34(37)58/h1-24,61H,57-58H2,(H2,59,67)(H,60,70)(H,62,68)(H,63,69)/b22-21+. The van der Waals surface area contributed by atoms with Gasteiger partial charge in [-0.1, -0.05) is 24.3 Å². The molecular formula is C50H34F6N8O8. The van der Waals surface area contributed by atoms with E-state index in [1.165, 1.54) is 48.5 Å². The van der Waals surface area contributed by atoms with E-state index in [0.717, 1.165) is 16.7 Å². The van der Waals surface area contributed by atoms with Crippen LogP contribution >= 0.6 is 0 Å². The van der Waals surface area contributed by atoms with Gasteiger partial charge in [-0.25, -0.2) is 9.59 Å². The molecule has 8 rings (SSSR count). The number of amides is 4. The fourth-order valence-electron chi connectivity index (χ4n) is 7.32. The number of carbonyl (C=O) groups is 6. The number of hydrogen-bond donors (Lipinski definition) is 7. The lowest BCUT2D eigenvalue weighted by atomic mass is 10.1. The second-order valence-corrected chi connectivity index (χ2v) is 15.5. The molecule has 6 aromatic carbocycles. The predicted octanol–water partition coefficient (Wildman–Crippen LogP) is 9.24. The van der Waals surface area contributed by atoms with E-state index < -0.39 is 87.3 Å². The van der Waals surface area contributed by atoms with Crippen LogP contribution in [0.25, 0.3) is 27.5 Å². The van der Waals surface area contributed by atoms with E-state index in [2.05, 4.69) is 20.9 Å². The molecule has 16 nitrogen and oxygen atoms in total. The number of fused-ring (bicyclic) bond motifs is 2. The SMILES string of the molecule is NC(=O)c1c(OC(=O)/C=C/C(=O)Oc2c(C(=O)Nc3ccc(C(=O)Nc4ccccc4N)cc3)[nH]c3ccc(C(F)(F)F)cc23)c2cc(C(F)(F)F)ccc2n1-c1ccc(C(=O)Nc2ccccc2N)cc1. The Bertz CT molecular complexity index is 3530. The van der Waals surface area contributed by atoms with Crippen LogP contribution in [0.15, 0.2) is 146 Å². The van der Waals surface area contributed by atoms with Crippen molar-refractivity contribution < 1.29 is 64.6 Å². The van der Waals surface area contributed by atoms with Crippen molar-refractivity contribution in [1.29, 1.82) is 0 Å². The van der Waals surface area contributed by atoms with Gasteiger partial charge >= 0.3 is 24.3 Å². The van der Waals surface area contributed by atoms with Crippen LogP contribution in [-0.2, 0) is 21.9 Å². The molecule has 0 spiro atoms. The van der Waals surface area contributed by atoms with Gasteiger partial charge in [-0.3, -0.25) is 19.2 Å². The minimum atomic E-state index is -4.93. The topological polar surface area (TPSA) is 256 Å². The number of aromatic nitrogens is 2. The number of halogens is 6. The van der Waals surface area contributed by atoms with Gasteiger partial charge in [0.1, 0.15) is 5.69 Å². The van der Waals surface area contributed by atoms with Crippen molar-refractivity contribution in [1.82, 2.24) is 9.55 Å². The third-order valence-electron chi connectivity index (χ3n) is 10.8. The van der Waals surface area contributed by atoms with Crippen molar-refractivity contribution in [2.75, 3.05) is 27.4 Å². The maximum atomic E-state index is 14.0. The number of nitrogens with zero attached hydrogens (tertiary/aromatic N) is 1. The molecule has 0 radical (unpaired) electrons. The van der Waals surface area contributed by atoms with E-state index in [0.29, 0.717) is 53.5 Å². The maximum Gasteiger partial charge on any atom is 0.416 e. The molecule has 0 saturated heterocycles. The average molecular weight is 989 g/mol. The number of ether oxygens (including phenoxy) is 2. The number of carbonyl (C=O) groups excluding carboxylic acids is 6. The van der Waals surface area contributed by atoms with Crippen molar-refractivity contribution in [2.24, 2.45) is 5.73 Å². The molecule has 0 fully saturated rings. The number of benzene rings is 6. The van der Waals surface area contributed by atoms with Gasteiger partial charge in [0.25, 0.3) is 23.6 Å². The Morgan fingerprint density at radius 3 is 1.56 bits per heavy atom. The Morgan fingerprint density at radius 2 is 1.04 bits per heavy atom. The number of rotatable bonds is 12. The first kappa shape index (κ1) is 48.6. The van der Waals surface area contributed by atoms with E-state index in [4.69, 9.17) is 26.7 Å². The summed E-state index contributed by atoms with van der Waals surface area (Å²) in [5.41, 5.74) is 15.5. The zero-order chi connectivity index (χ0) is 51.6. The molecule has 4 amide bonds.